The quantitative estimate of drug-likeness (QED) is 0.595. The van der Waals surface area contributed by atoms with Crippen LogP contribution < -0.4 is 16.4 Å². The normalized spacial score (nSPS) is 12.6. The van der Waals surface area contributed by atoms with E-state index in [-0.39, 0.29) is 31.0 Å². The maximum atomic E-state index is 12.6. The molecule has 0 radical (unpaired) electrons. The number of hydrogen-bond donors (Lipinski definition) is 4. The topological polar surface area (TPSA) is 130 Å². The molecule has 1 aromatic rings. The number of amides is 2. The largest absolute Gasteiger partial charge is 0.480 e. The van der Waals surface area contributed by atoms with Crippen LogP contribution in [0.4, 0.5) is 18.0 Å². The van der Waals surface area contributed by atoms with E-state index in [2.05, 4.69) is 20.6 Å². The summed E-state index contributed by atoms with van der Waals surface area (Å²) in [5, 5.41) is 13.2. The molecule has 1 atom stereocenters. The summed E-state index contributed by atoms with van der Waals surface area (Å²) in [6.07, 6.45) is -4.58. The Hall–Kier alpha value is -2.43. The van der Waals surface area contributed by atoms with Crippen LogP contribution in [0.3, 0.4) is 0 Å². The summed E-state index contributed by atoms with van der Waals surface area (Å²) in [5.74, 6) is -1.38. The minimum Gasteiger partial charge on any atom is -0.480 e. The van der Waals surface area contributed by atoms with Crippen molar-refractivity contribution in [1.29, 1.82) is 0 Å². The Labute approximate surface area is 129 Å². The number of carboxylic acid groups (broad SMARTS) is 1. The number of halogens is 3. The molecule has 0 aliphatic heterocycles. The summed E-state index contributed by atoms with van der Waals surface area (Å²) in [6, 6.07) is -0.998. The molecule has 0 fully saturated rings. The highest BCUT2D eigenvalue weighted by Gasteiger charge is 2.33. The van der Waals surface area contributed by atoms with Crippen molar-refractivity contribution in [2.75, 3.05) is 6.54 Å². The van der Waals surface area contributed by atoms with Crippen LogP contribution in [-0.4, -0.2) is 39.7 Å². The van der Waals surface area contributed by atoms with Crippen molar-refractivity contribution in [3.05, 3.63) is 23.3 Å². The maximum absolute atomic E-state index is 12.6. The van der Waals surface area contributed by atoms with Gasteiger partial charge in [-0.2, -0.15) is 13.2 Å². The van der Waals surface area contributed by atoms with E-state index in [0.717, 1.165) is 6.07 Å². The summed E-state index contributed by atoms with van der Waals surface area (Å²) in [4.78, 5) is 29.0. The number of nitrogens with one attached hydrogen (secondary N) is 2. The number of urea groups is 1. The number of aliphatic carboxylic acids is 1. The van der Waals surface area contributed by atoms with Crippen molar-refractivity contribution < 1.29 is 27.9 Å². The summed E-state index contributed by atoms with van der Waals surface area (Å²) in [7, 11) is 0. The van der Waals surface area contributed by atoms with Crippen molar-refractivity contribution in [3.63, 3.8) is 0 Å². The van der Waals surface area contributed by atoms with Crippen molar-refractivity contribution in [2.45, 2.75) is 32.1 Å². The van der Waals surface area contributed by atoms with Gasteiger partial charge in [-0.05, 0) is 19.4 Å². The maximum Gasteiger partial charge on any atom is 0.433 e. The molecule has 0 aromatic carbocycles. The molecule has 0 saturated carbocycles. The standard InChI is InChI=1S/C12H16F3N5O3/c1-6-4-8(12(13,14)15)20-9(19-6)5-18-11(23)17-3-2-7(16)10(21)22/h4,7H,2-3,5,16H2,1H3,(H,21,22)(H2,17,18,23)/t7-/m0/s1. The Morgan fingerprint density at radius 3 is 2.57 bits per heavy atom. The van der Waals surface area contributed by atoms with Crippen LogP contribution in [0, 0.1) is 6.92 Å². The van der Waals surface area contributed by atoms with Gasteiger partial charge in [0, 0.05) is 12.2 Å². The summed E-state index contributed by atoms with van der Waals surface area (Å²) in [5.41, 5.74) is 4.28. The van der Waals surface area contributed by atoms with E-state index in [4.69, 9.17) is 10.8 Å². The monoisotopic (exact) mass is 335 g/mol. The molecule has 0 aliphatic rings. The third-order valence-electron chi connectivity index (χ3n) is 2.66. The van der Waals surface area contributed by atoms with Crippen molar-refractivity contribution in [1.82, 2.24) is 20.6 Å². The van der Waals surface area contributed by atoms with Crippen LogP contribution in [0.5, 0.6) is 0 Å². The van der Waals surface area contributed by atoms with Crippen LogP contribution in [0.1, 0.15) is 23.6 Å². The Bertz CT molecular complexity index is 580. The fourth-order valence-corrected chi connectivity index (χ4v) is 1.54. The number of hydrogen-bond acceptors (Lipinski definition) is 5. The number of nitrogens with zero attached hydrogens (tertiary/aromatic N) is 2. The first-order chi connectivity index (χ1) is 10.6. The van der Waals surface area contributed by atoms with Gasteiger partial charge in [0.2, 0.25) is 0 Å². The van der Waals surface area contributed by atoms with Crippen molar-refractivity contribution >= 4 is 12.0 Å². The number of rotatable bonds is 6. The fourth-order valence-electron chi connectivity index (χ4n) is 1.54. The molecule has 0 bridgehead atoms. The van der Waals surface area contributed by atoms with E-state index in [0.29, 0.717) is 0 Å². The van der Waals surface area contributed by atoms with Gasteiger partial charge < -0.3 is 21.5 Å². The molecule has 0 spiro atoms. The lowest BCUT2D eigenvalue weighted by Gasteiger charge is -2.11. The predicted octanol–water partition coefficient (Wildman–Crippen LogP) is 0.405. The minimum absolute atomic E-state index is 0.00176. The molecule has 0 unspecified atom stereocenters. The Morgan fingerprint density at radius 1 is 1.35 bits per heavy atom. The molecule has 23 heavy (non-hydrogen) atoms. The van der Waals surface area contributed by atoms with Crippen LogP contribution in [0.25, 0.3) is 0 Å². The van der Waals surface area contributed by atoms with Gasteiger partial charge >= 0.3 is 18.2 Å². The zero-order valence-corrected chi connectivity index (χ0v) is 12.1. The average molecular weight is 335 g/mol. The molecule has 1 heterocycles. The number of carbonyl (C=O) groups is 2. The summed E-state index contributed by atoms with van der Waals surface area (Å²) >= 11 is 0. The zero-order valence-electron chi connectivity index (χ0n) is 12.1. The first-order valence-electron chi connectivity index (χ1n) is 6.51. The van der Waals surface area contributed by atoms with Gasteiger partial charge in [0.05, 0.1) is 6.54 Å². The minimum atomic E-state index is -4.60. The van der Waals surface area contributed by atoms with Crippen LogP contribution in [0.2, 0.25) is 0 Å². The zero-order chi connectivity index (χ0) is 17.6. The SMILES string of the molecule is Cc1cc(C(F)(F)F)nc(CNC(=O)NCC[C@H](N)C(=O)O)n1. The first kappa shape index (κ1) is 18.6. The fraction of sp³-hybridized carbons (Fsp3) is 0.500. The van der Waals surface area contributed by atoms with Gasteiger partial charge in [0.15, 0.2) is 0 Å². The second kappa shape index (κ2) is 7.72. The molecular weight excluding hydrogens is 319 g/mol. The molecule has 5 N–H and O–H groups in total. The molecule has 1 rings (SSSR count). The highest BCUT2D eigenvalue weighted by atomic mass is 19.4. The van der Waals surface area contributed by atoms with E-state index < -0.39 is 29.9 Å². The lowest BCUT2D eigenvalue weighted by Crippen LogP contribution is -2.39. The number of carbonyl (C=O) groups excluding carboxylic acids is 1. The van der Waals surface area contributed by atoms with E-state index in [9.17, 15) is 22.8 Å². The number of carboxylic acids is 1. The Balaban J connectivity index is 2.50. The number of nitrogens with two attached hydrogens (primary N) is 1. The third kappa shape index (κ3) is 6.46. The average Bonchev–Trinajstić information content (AvgIpc) is 2.43. The highest BCUT2D eigenvalue weighted by Crippen LogP contribution is 2.27. The van der Waals surface area contributed by atoms with Gasteiger partial charge in [0.1, 0.15) is 17.6 Å². The van der Waals surface area contributed by atoms with E-state index in [1.165, 1.54) is 6.92 Å². The van der Waals surface area contributed by atoms with Gasteiger partial charge in [0.25, 0.3) is 0 Å². The molecule has 1 aromatic heterocycles. The lowest BCUT2D eigenvalue weighted by molar-refractivity contribution is -0.141. The van der Waals surface area contributed by atoms with E-state index >= 15 is 0 Å². The second-order valence-electron chi connectivity index (χ2n) is 4.65. The molecule has 11 heteroatoms. The molecule has 0 saturated heterocycles. The third-order valence-corrected chi connectivity index (χ3v) is 2.66. The van der Waals surface area contributed by atoms with Crippen LogP contribution in [0.15, 0.2) is 6.07 Å². The van der Waals surface area contributed by atoms with Crippen LogP contribution in [-0.2, 0) is 17.5 Å². The molecule has 128 valence electrons. The molecule has 0 aliphatic carbocycles. The Morgan fingerprint density at radius 2 is 2.00 bits per heavy atom. The molecular formula is C12H16F3N5O3. The van der Waals surface area contributed by atoms with E-state index in [1.807, 2.05) is 0 Å². The number of aryl methyl sites for hydroxylation is 1. The van der Waals surface area contributed by atoms with Gasteiger partial charge in [-0.15, -0.1) is 0 Å². The Kier molecular flexibility index (Phi) is 6.25. The van der Waals surface area contributed by atoms with Crippen molar-refractivity contribution in [3.8, 4) is 0 Å². The highest BCUT2D eigenvalue weighted by molar-refractivity contribution is 5.74. The lowest BCUT2D eigenvalue weighted by atomic mass is 10.2. The number of alkyl halides is 3. The predicted molar refractivity (Wildman–Crippen MR) is 72.2 cm³/mol. The summed E-state index contributed by atoms with van der Waals surface area (Å²) in [6.45, 7) is 1.08. The van der Waals surface area contributed by atoms with Crippen LogP contribution >= 0.6 is 0 Å². The molecule has 8 nitrogen and oxygen atoms in total. The van der Waals surface area contributed by atoms with E-state index in [1.54, 1.807) is 0 Å². The van der Waals surface area contributed by atoms with Gasteiger partial charge in [-0.3, -0.25) is 4.79 Å². The number of aromatic nitrogens is 2. The summed E-state index contributed by atoms with van der Waals surface area (Å²) < 4.78 is 37.8. The van der Waals surface area contributed by atoms with Gasteiger partial charge in [-0.1, -0.05) is 0 Å². The van der Waals surface area contributed by atoms with Gasteiger partial charge in [-0.25, -0.2) is 14.8 Å². The second-order valence-corrected chi connectivity index (χ2v) is 4.65. The first-order valence-corrected chi connectivity index (χ1v) is 6.51. The molecule has 2 amide bonds. The smallest absolute Gasteiger partial charge is 0.433 e. The van der Waals surface area contributed by atoms with Crippen molar-refractivity contribution in [2.24, 2.45) is 5.73 Å².